The van der Waals surface area contributed by atoms with Gasteiger partial charge in [0.1, 0.15) is 0 Å². The fourth-order valence-electron chi connectivity index (χ4n) is 10.4. The largest absolute Gasteiger partial charge is 0.313 e. The van der Waals surface area contributed by atoms with Crippen molar-refractivity contribution in [3.8, 4) is 33.4 Å². The van der Waals surface area contributed by atoms with E-state index in [-0.39, 0.29) is 0 Å². The normalized spacial score (nSPS) is 10.9. The monoisotopic (exact) mass is 1020 g/mol. The lowest BCUT2D eigenvalue weighted by Gasteiger charge is -2.27. The topological polar surface area (TPSA) is 36.8 Å². The van der Waals surface area contributed by atoms with E-state index in [9.17, 15) is 0 Å². The average Bonchev–Trinajstić information content (AvgIpc) is 3.58. The van der Waals surface area contributed by atoms with Crippen molar-refractivity contribution in [2.75, 3.05) is 19.6 Å². The van der Waals surface area contributed by atoms with Gasteiger partial charge >= 0.3 is 0 Å². The average molecular weight is 1020 g/mol. The number of benzene rings is 12. The van der Waals surface area contributed by atoms with Crippen LogP contribution in [0.2, 0.25) is 0 Å². The molecule has 79 heavy (non-hydrogen) atoms. The van der Waals surface area contributed by atoms with Gasteiger partial charge in [-0.05, 0) is 191 Å². The summed E-state index contributed by atoms with van der Waals surface area (Å²) in [5.74, 6) is 0. The summed E-state index contributed by atoms with van der Waals surface area (Å²) in [6.45, 7) is 0. The molecule has 0 heterocycles. The first-order chi connectivity index (χ1) is 39.1. The van der Waals surface area contributed by atoms with Gasteiger partial charge in [0.05, 0.1) is 0 Å². The fraction of sp³-hybridized carbons (Fsp3) is 0.0135. The summed E-state index contributed by atoms with van der Waals surface area (Å²) in [7, 11) is 0. The van der Waals surface area contributed by atoms with Crippen LogP contribution in [0.1, 0.15) is 5.56 Å². The van der Waals surface area contributed by atoms with E-state index >= 15 is 0 Å². The lowest BCUT2D eigenvalue weighted by molar-refractivity contribution is 1.26. The van der Waals surface area contributed by atoms with Gasteiger partial charge in [0.15, 0.2) is 0 Å². The zero-order valence-corrected chi connectivity index (χ0v) is 43.7. The Labute approximate surface area is 464 Å². The van der Waals surface area contributed by atoms with E-state index in [0.717, 1.165) is 107 Å². The van der Waals surface area contributed by atoms with Crippen LogP contribution >= 0.6 is 0 Å². The molecule has 1 N–H and O–H groups in total. The van der Waals surface area contributed by atoms with Crippen LogP contribution in [0.4, 0.5) is 68.2 Å². The maximum Gasteiger partial charge on any atom is 0.0462 e. The van der Waals surface area contributed by atoms with Gasteiger partial charge in [0.2, 0.25) is 0 Å². The molecule has 5 heteroatoms. The van der Waals surface area contributed by atoms with Crippen molar-refractivity contribution in [2.24, 2.45) is 0 Å². The second-order valence-corrected chi connectivity index (χ2v) is 19.4. The second kappa shape index (κ2) is 23.2. The highest BCUT2D eigenvalue weighted by molar-refractivity contribution is 5.85. The highest BCUT2D eigenvalue weighted by atomic mass is 15.2. The molecule has 12 rings (SSSR count). The molecule has 0 amide bonds. The van der Waals surface area contributed by atoms with Crippen LogP contribution in [0.3, 0.4) is 0 Å². The van der Waals surface area contributed by atoms with E-state index in [0.29, 0.717) is 6.42 Å². The van der Waals surface area contributed by atoms with Crippen LogP contribution in [0.15, 0.2) is 322 Å². The zero-order valence-electron chi connectivity index (χ0n) is 43.7. The minimum absolute atomic E-state index is 0.603. The minimum atomic E-state index is 0.603. The Morgan fingerprint density at radius 2 is 0.342 bits per heavy atom. The van der Waals surface area contributed by atoms with Crippen molar-refractivity contribution in [1.82, 2.24) is 0 Å². The van der Waals surface area contributed by atoms with Crippen LogP contribution < -0.4 is 19.6 Å². The second-order valence-electron chi connectivity index (χ2n) is 19.4. The molecule has 0 aromatic heterocycles. The first-order valence-electron chi connectivity index (χ1n) is 26.8. The molecule has 0 atom stereocenters. The predicted octanol–water partition coefficient (Wildman–Crippen LogP) is 20.8. The van der Waals surface area contributed by atoms with Crippen LogP contribution in [-0.4, -0.2) is 6.21 Å². The minimum Gasteiger partial charge on any atom is -0.313 e. The zero-order chi connectivity index (χ0) is 53.2. The van der Waals surface area contributed by atoms with E-state index in [1.807, 2.05) is 0 Å². The van der Waals surface area contributed by atoms with Crippen molar-refractivity contribution < 1.29 is 0 Å². The Bertz CT molecular complexity index is 3780. The Morgan fingerprint density at radius 3 is 0.506 bits per heavy atom. The molecule has 0 aliphatic rings. The molecule has 0 saturated carbocycles. The van der Waals surface area contributed by atoms with Gasteiger partial charge in [0, 0.05) is 74.7 Å². The molecule has 0 aliphatic heterocycles. The summed E-state index contributed by atoms with van der Waals surface area (Å²) < 4.78 is 0. The SMILES string of the molecule is N=CCc1ccc(N(c2ccc(-c3ccc(N(c4ccccc4)c4ccccc4)cc3)cc2)c2ccc(-c3ccc(N(c4ccccc4)c4ccc(-c5ccc(N(c6ccccc6)c6ccccc6)cc5)cc4)cc3)cc2)cc1. The Morgan fingerprint density at radius 1 is 0.190 bits per heavy atom. The molecule has 12 aromatic carbocycles. The smallest absolute Gasteiger partial charge is 0.0462 e. The molecule has 0 radical (unpaired) electrons. The van der Waals surface area contributed by atoms with Gasteiger partial charge in [-0.3, -0.25) is 0 Å². The molecule has 0 aliphatic carbocycles. The van der Waals surface area contributed by atoms with Crippen LogP contribution in [0, 0.1) is 5.41 Å². The van der Waals surface area contributed by atoms with Crippen molar-refractivity contribution in [3.05, 3.63) is 327 Å². The fourth-order valence-corrected chi connectivity index (χ4v) is 10.4. The molecule has 0 saturated heterocycles. The quantitative estimate of drug-likeness (QED) is 0.0922. The molecule has 0 unspecified atom stereocenters. The number of nitrogens with zero attached hydrogens (tertiary/aromatic N) is 4. The number of rotatable bonds is 17. The third kappa shape index (κ3) is 11.0. The molecule has 0 bridgehead atoms. The summed E-state index contributed by atoms with van der Waals surface area (Å²) in [5, 5.41) is 7.70. The summed E-state index contributed by atoms with van der Waals surface area (Å²) in [4.78, 5) is 9.19. The number of hydrogen-bond acceptors (Lipinski definition) is 5. The van der Waals surface area contributed by atoms with Crippen molar-refractivity contribution in [1.29, 1.82) is 5.41 Å². The van der Waals surface area contributed by atoms with Gasteiger partial charge in [-0.2, -0.15) is 0 Å². The van der Waals surface area contributed by atoms with Crippen molar-refractivity contribution in [3.63, 3.8) is 0 Å². The van der Waals surface area contributed by atoms with Gasteiger partial charge in [0.25, 0.3) is 0 Å². The highest BCUT2D eigenvalue weighted by Crippen LogP contribution is 2.42. The summed E-state index contributed by atoms with van der Waals surface area (Å²) >= 11 is 0. The maximum atomic E-state index is 7.70. The van der Waals surface area contributed by atoms with E-state index in [4.69, 9.17) is 5.41 Å². The lowest BCUT2D eigenvalue weighted by Crippen LogP contribution is -2.10. The molecular formula is C74H57N5. The van der Waals surface area contributed by atoms with Gasteiger partial charge in [-0.25, -0.2) is 0 Å². The predicted molar refractivity (Wildman–Crippen MR) is 334 cm³/mol. The van der Waals surface area contributed by atoms with Gasteiger partial charge in [-0.15, -0.1) is 0 Å². The van der Waals surface area contributed by atoms with Gasteiger partial charge in [-0.1, -0.05) is 176 Å². The molecular weight excluding hydrogens is 959 g/mol. The maximum absolute atomic E-state index is 7.70. The number of anilines is 12. The first-order valence-corrected chi connectivity index (χ1v) is 26.8. The number of hydrogen-bond donors (Lipinski definition) is 1. The number of nitrogens with one attached hydrogen (secondary N) is 1. The lowest BCUT2D eigenvalue weighted by atomic mass is 10.0. The molecule has 378 valence electrons. The van der Waals surface area contributed by atoms with Crippen LogP contribution in [-0.2, 0) is 6.42 Å². The van der Waals surface area contributed by atoms with E-state index in [2.05, 4.69) is 341 Å². The molecule has 5 nitrogen and oxygen atoms in total. The summed E-state index contributed by atoms with van der Waals surface area (Å²) in [6.07, 6.45) is 2.06. The van der Waals surface area contributed by atoms with Crippen LogP contribution in [0.25, 0.3) is 33.4 Å². The van der Waals surface area contributed by atoms with Crippen molar-refractivity contribution in [2.45, 2.75) is 6.42 Å². The van der Waals surface area contributed by atoms with Crippen LogP contribution in [0.5, 0.6) is 0 Å². The van der Waals surface area contributed by atoms with Gasteiger partial charge < -0.3 is 25.0 Å². The Kier molecular flexibility index (Phi) is 14.5. The third-order valence-corrected chi connectivity index (χ3v) is 14.4. The van der Waals surface area contributed by atoms with E-state index in [1.54, 1.807) is 0 Å². The molecule has 0 fully saturated rings. The Hall–Kier alpha value is -10.5. The summed E-state index contributed by atoms with van der Waals surface area (Å²) in [5.41, 5.74) is 21.0. The van der Waals surface area contributed by atoms with E-state index < -0.39 is 0 Å². The number of para-hydroxylation sites is 5. The molecule has 12 aromatic rings. The Balaban J connectivity index is 0.787. The molecule has 0 spiro atoms. The first kappa shape index (κ1) is 49.4. The standard InChI is InChI=1S/C74H57N5/c75-55-54-56-26-40-68(41-27-56)79(73-50-36-61(37-51-73)58-30-44-70(45-31-58)77(65-20-10-3-11-21-65)66-22-12-4-13-23-66)74-52-38-62(39-53-74)60-34-48-72(49-35-60)78(67-24-14-5-15-25-67)71-46-32-59(33-47-71)57-28-42-69(43-29-57)76(63-16-6-1-7-17-63)64-18-8-2-9-19-64/h1-53,55,75H,54H2. The highest BCUT2D eigenvalue weighted by Gasteiger charge is 2.18. The third-order valence-electron chi connectivity index (χ3n) is 14.4. The summed E-state index contributed by atoms with van der Waals surface area (Å²) in [6, 6.07) is 114. The van der Waals surface area contributed by atoms with E-state index in [1.165, 1.54) is 6.21 Å². The van der Waals surface area contributed by atoms with Crippen molar-refractivity contribution >= 4 is 74.5 Å².